The summed E-state index contributed by atoms with van der Waals surface area (Å²) in [7, 11) is 1.68. The minimum atomic E-state index is -0.117. The molecule has 0 fully saturated rings. The molecule has 0 saturated carbocycles. The zero-order valence-corrected chi connectivity index (χ0v) is 13.4. The number of carbonyl (C=O) groups excluding carboxylic acids is 1. The van der Waals surface area contributed by atoms with Gasteiger partial charge in [-0.3, -0.25) is 4.79 Å². The Labute approximate surface area is 120 Å². The minimum Gasteiger partial charge on any atom is -0.287 e. The van der Waals surface area contributed by atoms with E-state index < -0.39 is 0 Å². The number of aromatic nitrogens is 3. The van der Waals surface area contributed by atoms with Crippen LogP contribution in [-0.2, 0) is 7.05 Å². The van der Waals surface area contributed by atoms with Crippen LogP contribution in [0.5, 0.6) is 0 Å². The van der Waals surface area contributed by atoms with Gasteiger partial charge in [-0.25, -0.2) is 4.68 Å². The van der Waals surface area contributed by atoms with E-state index in [0.29, 0.717) is 15.9 Å². The zero-order chi connectivity index (χ0) is 11.9. The molecule has 84 valence electrons. The van der Waals surface area contributed by atoms with E-state index in [-0.39, 0.29) is 5.78 Å². The molecule has 16 heavy (non-hydrogen) atoms. The summed E-state index contributed by atoms with van der Waals surface area (Å²) >= 11 is 11.4. The normalized spacial score (nSPS) is 10.8. The third-order valence-corrected chi connectivity index (χ3v) is 4.78. The second-order valence-corrected chi connectivity index (χ2v) is 7.42. The van der Waals surface area contributed by atoms with Crippen LogP contribution < -0.4 is 0 Å². The number of aryl methyl sites for hydroxylation is 1. The third-order valence-electron chi connectivity index (χ3n) is 1.90. The highest BCUT2D eigenvalue weighted by Crippen LogP contribution is 2.33. The summed E-state index contributed by atoms with van der Waals surface area (Å²) in [5, 5.41) is 7.56. The summed E-state index contributed by atoms with van der Waals surface area (Å²) in [5.74, 6) is -0.117. The highest BCUT2D eigenvalue weighted by Gasteiger charge is 2.22. The topological polar surface area (TPSA) is 47.8 Å². The van der Waals surface area contributed by atoms with Crippen molar-refractivity contribution in [3.05, 3.63) is 29.5 Å². The maximum Gasteiger partial charge on any atom is 0.215 e. The molecule has 0 spiro atoms. The van der Waals surface area contributed by atoms with E-state index in [1.165, 1.54) is 16.0 Å². The van der Waals surface area contributed by atoms with E-state index in [0.717, 1.165) is 7.57 Å². The summed E-state index contributed by atoms with van der Waals surface area (Å²) in [6.07, 6.45) is 0. The van der Waals surface area contributed by atoms with Crippen molar-refractivity contribution in [1.29, 1.82) is 0 Å². The minimum absolute atomic E-state index is 0.117. The Morgan fingerprint density at radius 2 is 2.12 bits per heavy atom. The fraction of sp³-hybridized carbons (Fsp3) is 0.125. The molecule has 0 aliphatic rings. The first-order chi connectivity index (χ1) is 7.50. The Morgan fingerprint density at radius 3 is 2.56 bits per heavy atom. The van der Waals surface area contributed by atoms with E-state index in [1.54, 1.807) is 13.1 Å². The van der Waals surface area contributed by atoms with Crippen LogP contribution >= 0.6 is 59.1 Å². The van der Waals surface area contributed by atoms with Gasteiger partial charge in [0.05, 0.1) is 13.1 Å². The van der Waals surface area contributed by atoms with Crippen molar-refractivity contribution in [3.63, 3.8) is 0 Å². The lowest BCUT2D eigenvalue weighted by molar-refractivity contribution is 0.102. The maximum atomic E-state index is 12.2. The number of nitrogens with zero attached hydrogens (tertiary/aromatic N) is 3. The summed E-state index contributed by atoms with van der Waals surface area (Å²) in [5.41, 5.74) is 1.04. The number of hydrogen-bond acceptors (Lipinski definition) is 4. The maximum absolute atomic E-state index is 12.2. The van der Waals surface area contributed by atoms with Crippen LogP contribution in [0.4, 0.5) is 0 Å². The number of hydrogen-bond donors (Lipinski definition) is 0. The zero-order valence-electron chi connectivity index (χ0n) is 7.87. The lowest BCUT2D eigenvalue weighted by Gasteiger charge is -1.99. The molecule has 0 amide bonds. The first-order valence-electron chi connectivity index (χ1n) is 4.05. The molecule has 0 saturated heterocycles. The standard InChI is InChI=1S/C8H4Br3N3OS/c1-14-5(7(10)12-13-14)6(15)3-2-4(9)16-8(3)11/h2H,1H3. The van der Waals surface area contributed by atoms with Gasteiger partial charge >= 0.3 is 0 Å². The predicted molar refractivity (Wildman–Crippen MR) is 71.9 cm³/mol. The number of rotatable bonds is 2. The van der Waals surface area contributed by atoms with Gasteiger partial charge in [0.2, 0.25) is 5.78 Å². The van der Waals surface area contributed by atoms with Gasteiger partial charge in [-0.05, 0) is 53.9 Å². The van der Waals surface area contributed by atoms with Gasteiger partial charge in [0.1, 0.15) is 5.69 Å². The number of ketones is 1. The van der Waals surface area contributed by atoms with Gasteiger partial charge in [0.25, 0.3) is 0 Å². The smallest absolute Gasteiger partial charge is 0.215 e. The highest BCUT2D eigenvalue weighted by molar-refractivity contribution is 9.12. The number of halogens is 3. The van der Waals surface area contributed by atoms with Gasteiger partial charge in [-0.1, -0.05) is 5.21 Å². The molecule has 2 aromatic heterocycles. The summed E-state index contributed by atoms with van der Waals surface area (Å²) in [6, 6.07) is 1.77. The molecule has 0 aliphatic heterocycles. The number of thiophene rings is 1. The lowest BCUT2D eigenvalue weighted by Crippen LogP contribution is -2.08. The van der Waals surface area contributed by atoms with Crippen LogP contribution in [0, 0.1) is 0 Å². The van der Waals surface area contributed by atoms with E-state index in [4.69, 9.17) is 0 Å². The molecule has 8 heteroatoms. The Bertz CT molecular complexity index is 543. The molecular weight excluding hydrogens is 426 g/mol. The van der Waals surface area contributed by atoms with Gasteiger partial charge in [-0.15, -0.1) is 16.4 Å². The van der Waals surface area contributed by atoms with E-state index in [9.17, 15) is 4.79 Å². The molecule has 2 heterocycles. The van der Waals surface area contributed by atoms with E-state index in [2.05, 4.69) is 58.1 Å². The van der Waals surface area contributed by atoms with Crippen LogP contribution in [0.3, 0.4) is 0 Å². The molecule has 0 N–H and O–H groups in total. The summed E-state index contributed by atoms with van der Waals surface area (Å²) in [6.45, 7) is 0. The molecule has 2 aromatic rings. The molecule has 0 atom stereocenters. The summed E-state index contributed by atoms with van der Waals surface area (Å²) < 4.78 is 3.59. The fourth-order valence-electron chi connectivity index (χ4n) is 1.20. The predicted octanol–water partition coefficient (Wildman–Crippen LogP) is 3.40. The van der Waals surface area contributed by atoms with Crippen LogP contribution in [0.25, 0.3) is 0 Å². The van der Waals surface area contributed by atoms with E-state index in [1.807, 2.05) is 0 Å². The molecule has 0 bridgehead atoms. The molecule has 0 unspecified atom stereocenters. The quantitative estimate of drug-likeness (QED) is 0.687. The molecule has 0 aromatic carbocycles. The Morgan fingerprint density at radius 1 is 1.44 bits per heavy atom. The Balaban J connectivity index is 2.51. The molecule has 0 aliphatic carbocycles. The average molecular weight is 430 g/mol. The first-order valence-corrected chi connectivity index (χ1v) is 7.25. The van der Waals surface area contributed by atoms with Gasteiger partial charge in [-0.2, -0.15) is 0 Å². The van der Waals surface area contributed by atoms with Gasteiger partial charge < -0.3 is 0 Å². The Hall–Kier alpha value is -0.0500. The second kappa shape index (κ2) is 4.67. The molecular formula is C8H4Br3N3OS. The van der Waals surface area contributed by atoms with Crippen molar-refractivity contribution in [2.45, 2.75) is 0 Å². The largest absolute Gasteiger partial charge is 0.287 e. The monoisotopic (exact) mass is 427 g/mol. The van der Waals surface area contributed by atoms with Crippen molar-refractivity contribution in [1.82, 2.24) is 15.0 Å². The van der Waals surface area contributed by atoms with Crippen molar-refractivity contribution in [2.24, 2.45) is 7.05 Å². The van der Waals surface area contributed by atoms with Crippen LogP contribution in [0.1, 0.15) is 16.1 Å². The highest BCUT2D eigenvalue weighted by atomic mass is 79.9. The van der Waals surface area contributed by atoms with Crippen molar-refractivity contribution in [3.8, 4) is 0 Å². The number of carbonyl (C=O) groups is 1. The molecule has 2 rings (SSSR count). The van der Waals surface area contributed by atoms with Gasteiger partial charge in [0.15, 0.2) is 4.60 Å². The first kappa shape index (κ1) is 12.4. The van der Waals surface area contributed by atoms with Crippen LogP contribution in [-0.4, -0.2) is 20.8 Å². The Kier molecular flexibility index (Phi) is 3.62. The second-order valence-electron chi connectivity index (χ2n) is 2.92. The average Bonchev–Trinajstić information content (AvgIpc) is 2.70. The van der Waals surface area contributed by atoms with Crippen molar-refractivity contribution in [2.75, 3.05) is 0 Å². The molecule has 4 nitrogen and oxygen atoms in total. The lowest BCUT2D eigenvalue weighted by atomic mass is 10.2. The molecule has 0 radical (unpaired) electrons. The third kappa shape index (κ3) is 2.15. The van der Waals surface area contributed by atoms with Crippen molar-refractivity contribution >= 4 is 64.9 Å². The van der Waals surface area contributed by atoms with Gasteiger partial charge in [0, 0.05) is 7.05 Å². The van der Waals surface area contributed by atoms with Crippen LogP contribution in [0.15, 0.2) is 18.2 Å². The van der Waals surface area contributed by atoms with E-state index >= 15 is 0 Å². The summed E-state index contributed by atoms with van der Waals surface area (Å²) in [4.78, 5) is 12.2. The van der Waals surface area contributed by atoms with Crippen molar-refractivity contribution < 1.29 is 4.79 Å². The SMILES string of the molecule is Cn1nnc(Br)c1C(=O)c1cc(Br)sc1Br. The van der Waals surface area contributed by atoms with Crippen LogP contribution in [0.2, 0.25) is 0 Å². The fourth-order valence-corrected chi connectivity index (χ4v) is 4.50.